The Morgan fingerprint density at radius 1 is 1.03 bits per heavy atom. The van der Waals surface area contributed by atoms with Gasteiger partial charge in [-0.2, -0.15) is 0 Å². The Balaban J connectivity index is 1.58. The first kappa shape index (κ1) is 22.3. The third-order valence-corrected chi connectivity index (χ3v) is 6.52. The Kier molecular flexibility index (Phi) is 7.51. The molecule has 1 aliphatic heterocycles. The van der Waals surface area contributed by atoms with Gasteiger partial charge in [0.25, 0.3) is 0 Å². The van der Waals surface area contributed by atoms with Gasteiger partial charge in [-0.05, 0) is 50.9 Å². The zero-order valence-corrected chi connectivity index (χ0v) is 18.5. The number of para-hydroxylation sites is 1. The SMILES string of the molecule is CC[N+](C)(CC)CCCNCCCc1cccc2c1C(C(=O)O)c1ccccc1O2. The second-order valence-corrected chi connectivity index (χ2v) is 8.42. The van der Waals surface area contributed by atoms with Crippen LogP contribution < -0.4 is 10.1 Å². The van der Waals surface area contributed by atoms with Crippen LogP contribution in [0.2, 0.25) is 0 Å². The van der Waals surface area contributed by atoms with Crippen LogP contribution in [-0.2, 0) is 11.2 Å². The van der Waals surface area contributed by atoms with Crippen molar-refractivity contribution < 1.29 is 19.1 Å². The average molecular weight is 412 g/mol. The zero-order valence-electron chi connectivity index (χ0n) is 18.5. The van der Waals surface area contributed by atoms with Crippen LogP contribution in [-0.4, -0.2) is 55.3 Å². The molecule has 0 fully saturated rings. The molecular formula is C25H35N2O3+. The van der Waals surface area contributed by atoms with E-state index in [1.807, 2.05) is 42.5 Å². The number of carboxylic acid groups (broad SMARTS) is 1. The van der Waals surface area contributed by atoms with Gasteiger partial charge in [0.1, 0.15) is 17.4 Å². The van der Waals surface area contributed by atoms with Gasteiger partial charge >= 0.3 is 5.97 Å². The number of aryl methyl sites for hydroxylation is 1. The second-order valence-electron chi connectivity index (χ2n) is 8.42. The summed E-state index contributed by atoms with van der Waals surface area (Å²) in [6.07, 6.45) is 2.98. The van der Waals surface area contributed by atoms with Gasteiger partial charge in [-0.3, -0.25) is 4.79 Å². The Morgan fingerprint density at radius 2 is 1.73 bits per heavy atom. The number of benzene rings is 2. The van der Waals surface area contributed by atoms with Gasteiger partial charge in [-0.1, -0.05) is 30.3 Å². The molecule has 5 nitrogen and oxygen atoms in total. The molecule has 2 N–H and O–H groups in total. The predicted molar refractivity (Wildman–Crippen MR) is 120 cm³/mol. The minimum atomic E-state index is -0.828. The molecule has 0 saturated heterocycles. The molecule has 2 aromatic carbocycles. The maximum absolute atomic E-state index is 12.1. The summed E-state index contributed by atoms with van der Waals surface area (Å²) >= 11 is 0. The first-order chi connectivity index (χ1) is 14.5. The van der Waals surface area contributed by atoms with Gasteiger partial charge in [0.15, 0.2) is 0 Å². The van der Waals surface area contributed by atoms with Crippen molar-refractivity contribution in [1.29, 1.82) is 0 Å². The third kappa shape index (κ3) is 5.02. The molecule has 1 aliphatic rings. The smallest absolute Gasteiger partial charge is 0.315 e. The molecule has 0 radical (unpaired) electrons. The predicted octanol–water partition coefficient (Wildman–Crippen LogP) is 4.41. The summed E-state index contributed by atoms with van der Waals surface area (Å²) < 4.78 is 7.15. The topological polar surface area (TPSA) is 58.6 Å². The van der Waals surface area contributed by atoms with E-state index < -0.39 is 11.9 Å². The number of carboxylic acids is 1. The molecule has 0 spiro atoms. The van der Waals surface area contributed by atoms with Crippen LogP contribution in [0.3, 0.4) is 0 Å². The van der Waals surface area contributed by atoms with E-state index in [2.05, 4.69) is 26.2 Å². The Bertz CT molecular complexity index is 861. The van der Waals surface area contributed by atoms with Crippen molar-refractivity contribution in [2.75, 3.05) is 39.8 Å². The Hall–Kier alpha value is -2.37. The minimum Gasteiger partial charge on any atom is -0.481 e. The van der Waals surface area contributed by atoms with Crippen LogP contribution in [0, 0.1) is 0 Å². The van der Waals surface area contributed by atoms with Crippen molar-refractivity contribution in [3.8, 4) is 11.5 Å². The second kappa shape index (κ2) is 10.1. The molecular weight excluding hydrogens is 376 g/mol. The van der Waals surface area contributed by atoms with E-state index in [0.29, 0.717) is 11.5 Å². The van der Waals surface area contributed by atoms with E-state index in [-0.39, 0.29) is 0 Å². The molecule has 0 bridgehead atoms. The molecule has 0 aliphatic carbocycles. The summed E-state index contributed by atoms with van der Waals surface area (Å²) in [4.78, 5) is 12.1. The number of hydrogen-bond donors (Lipinski definition) is 2. The quantitative estimate of drug-likeness (QED) is 0.425. The maximum atomic E-state index is 12.1. The highest BCUT2D eigenvalue weighted by atomic mass is 16.5. The lowest BCUT2D eigenvalue weighted by Gasteiger charge is -2.32. The lowest BCUT2D eigenvalue weighted by Crippen LogP contribution is -2.45. The summed E-state index contributed by atoms with van der Waals surface area (Å²) in [6, 6.07) is 13.3. The molecule has 1 atom stereocenters. The molecule has 0 aromatic heterocycles. The van der Waals surface area contributed by atoms with Crippen LogP contribution in [0.1, 0.15) is 49.3 Å². The molecule has 0 saturated carbocycles. The molecule has 1 heterocycles. The molecule has 5 heteroatoms. The average Bonchev–Trinajstić information content (AvgIpc) is 2.76. The lowest BCUT2D eigenvalue weighted by atomic mass is 9.84. The van der Waals surface area contributed by atoms with Crippen molar-refractivity contribution in [3.05, 3.63) is 59.2 Å². The minimum absolute atomic E-state index is 0.640. The fourth-order valence-electron chi connectivity index (χ4n) is 4.22. The summed E-state index contributed by atoms with van der Waals surface area (Å²) in [5.74, 6) is -0.193. The van der Waals surface area contributed by atoms with Crippen molar-refractivity contribution in [3.63, 3.8) is 0 Å². The Morgan fingerprint density at radius 3 is 2.47 bits per heavy atom. The lowest BCUT2D eigenvalue weighted by molar-refractivity contribution is -0.906. The highest BCUT2D eigenvalue weighted by molar-refractivity contribution is 5.84. The monoisotopic (exact) mass is 411 g/mol. The standard InChI is InChI=1S/C25H34N2O3/c1-4-27(3,5-2)18-10-17-26-16-9-12-19-11-8-15-22-23(19)24(25(28)29)20-13-6-7-14-21(20)30-22/h6-8,11,13-15,24,26H,4-5,9-10,12,16-18H2,1-3H3/p+1. The summed E-state index contributed by atoms with van der Waals surface area (Å²) in [6.45, 7) is 10.0. The van der Waals surface area contributed by atoms with Gasteiger partial charge in [0, 0.05) is 24.1 Å². The molecule has 3 rings (SSSR count). The number of hydrogen-bond acceptors (Lipinski definition) is 3. The first-order valence-corrected chi connectivity index (χ1v) is 11.1. The van der Waals surface area contributed by atoms with Gasteiger partial charge in [-0.25, -0.2) is 0 Å². The first-order valence-electron chi connectivity index (χ1n) is 11.1. The largest absolute Gasteiger partial charge is 0.481 e. The fourth-order valence-corrected chi connectivity index (χ4v) is 4.22. The number of fused-ring (bicyclic) bond motifs is 2. The van der Waals surface area contributed by atoms with Crippen LogP contribution in [0.15, 0.2) is 42.5 Å². The number of quaternary nitrogens is 1. The van der Waals surface area contributed by atoms with Gasteiger partial charge in [0.05, 0.1) is 26.7 Å². The number of nitrogens with zero attached hydrogens (tertiary/aromatic N) is 1. The van der Waals surface area contributed by atoms with Crippen LogP contribution >= 0.6 is 0 Å². The third-order valence-electron chi connectivity index (χ3n) is 6.52. The summed E-state index contributed by atoms with van der Waals surface area (Å²) in [5, 5.41) is 13.5. The van der Waals surface area contributed by atoms with Crippen LogP contribution in [0.5, 0.6) is 11.5 Å². The number of aliphatic carboxylic acids is 1. The summed E-state index contributed by atoms with van der Waals surface area (Å²) in [5.41, 5.74) is 2.61. The fraction of sp³-hybridized carbons (Fsp3) is 0.480. The van der Waals surface area contributed by atoms with Crippen molar-refractivity contribution in [1.82, 2.24) is 5.32 Å². The highest BCUT2D eigenvalue weighted by Crippen LogP contribution is 2.45. The molecule has 2 aromatic rings. The zero-order chi connectivity index (χ0) is 21.6. The molecule has 1 unspecified atom stereocenters. The van der Waals surface area contributed by atoms with Crippen LogP contribution in [0.4, 0.5) is 0 Å². The van der Waals surface area contributed by atoms with E-state index in [1.54, 1.807) is 0 Å². The van der Waals surface area contributed by atoms with Gasteiger partial charge in [-0.15, -0.1) is 0 Å². The normalized spacial score (nSPS) is 15.2. The van der Waals surface area contributed by atoms with Crippen LogP contribution in [0.25, 0.3) is 0 Å². The Labute approximate surface area is 180 Å². The van der Waals surface area contributed by atoms with Crippen molar-refractivity contribution in [2.45, 2.75) is 39.0 Å². The van der Waals surface area contributed by atoms with Gasteiger partial charge < -0.3 is 19.6 Å². The van der Waals surface area contributed by atoms with Crippen molar-refractivity contribution >= 4 is 5.97 Å². The highest BCUT2D eigenvalue weighted by Gasteiger charge is 2.34. The molecule has 162 valence electrons. The summed E-state index contributed by atoms with van der Waals surface area (Å²) in [7, 11) is 2.32. The maximum Gasteiger partial charge on any atom is 0.315 e. The van der Waals surface area contributed by atoms with E-state index >= 15 is 0 Å². The number of ether oxygens (including phenoxy) is 1. The molecule has 0 amide bonds. The molecule has 30 heavy (non-hydrogen) atoms. The number of rotatable bonds is 11. The number of carbonyl (C=O) groups is 1. The van der Waals surface area contributed by atoms with E-state index in [1.165, 1.54) is 26.1 Å². The number of nitrogens with one attached hydrogen (secondary N) is 1. The van der Waals surface area contributed by atoms with E-state index in [4.69, 9.17) is 4.74 Å². The van der Waals surface area contributed by atoms with Gasteiger partial charge in [0.2, 0.25) is 0 Å². The van der Waals surface area contributed by atoms with E-state index in [9.17, 15) is 9.90 Å². The van der Waals surface area contributed by atoms with Crippen molar-refractivity contribution in [2.24, 2.45) is 0 Å². The van der Waals surface area contributed by atoms with E-state index in [0.717, 1.165) is 47.1 Å².